The zero-order valence-corrected chi connectivity index (χ0v) is 12.8. The molecule has 0 saturated carbocycles. The molecule has 1 unspecified atom stereocenters. The van der Waals surface area contributed by atoms with Crippen molar-refractivity contribution < 1.29 is 4.74 Å². The second-order valence-electron chi connectivity index (χ2n) is 5.40. The van der Waals surface area contributed by atoms with E-state index < -0.39 is 0 Å². The van der Waals surface area contributed by atoms with Crippen molar-refractivity contribution in [2.45, 2.75) is 38.6 Å². The summed E-state index contributed by atoms with van der Waals surface area (Å²) in [5.74, 6) is 0.933. The van der Waals surface area contributed by atoms with Crippen molar-refractivity contribution >= 4 is 0 Å². The fourth-order valence-electron chi connectivity index (χ4n) is 2.28. The van der Waals surface area contributed by atoms with Gasteiger partial charge in [-0.15, -0.1) is 0 Å². The first-order chi connectivity index (χ1) is 10.3. The third-order valence-electron chi connectivity index (χ3n) is 3.66. The predicted octanol–water partition coefficient (Wildman–Crippen LogP) is 4.50. The lowest BCUT2D eigenvalue weighted by atomic mass is 10.00. The minimum absolute atomic E-state index is 0.0786. The summed E-state index contributed by atoms with van der Waals surface area (Å²) in [5.41, 5.74) is 8.79. The van der Waals surface area contributed by atoms with Crippen molar-refractivity contribution in [3.63, 3.8) is 0 Å². The van der Waals surface area contributed by atoms with Gasteiger partial charge in [-0.1, -0.05) is 55.8 Å². The molecule has 0 aromatic heterocycles. The third-order valence-corrected chi connectivity index (χ3v) is 3.66. The molecular formula is C19H25NO. The number of hydrogen-bond acceptors (Lipinski definition) is 2. The predicted molar refractivity (Wildman–Crippen MR) is 88.5 cm³/mol. The quantitative estimate of drug-likeness (QED) is 0.724. The molecule has 0 aliphatic heterocycles. The number of benzene rings is 2. The van der Waals surface area contributed by atoms with Crippen molar-refractivity contribution in [2.24, 2.45) is 5.73 Å². The summed E-state index contributed by atoms with van der Waals surface area (Å²) >= 11 is 0. The minimum Gasteiger partial charge on any atom is -0.494 e. The lowest BCUT2D eigenvalue weighted by Gasteiger charge is -2.13. The van der Waals surface area contributed by atoms with Gasteiger partial charge >= 0.3 is 0 Å². The standard InChI is InChI=1S/C19H25NO/c1-2-3-15-21-18-12-10-17(11-13-18)19(20)14-9-16-7-5-4-6-8-16/h4-8,10-13,19H,2-3,9,14-15,20H2,1H3. The SMILES string of the molecule is CCCCOc1ccc(C(N)CCc2ccccc2)cc1. The van der Waals surface area contributed by atoms with Gasteiger partial charge in [0.2, 0.25) is 0 Å². The highest BCUT2D eigenvalue weighted by molar-refractivity contribution is 5.29. The van der Waals surface area contributed by atoms with E-state index in [1.807, 2.05) is 18.2 Å². The number of hydrogen-bond donors (Lipinski definition) is 1. The Morgan fingerprint density at radius 1 is 1.00 bits per heavy atom. The van der Waals surface area contributed by atoms with E-state index in [9.17, 15) is 0 Å². The Bertz CT molecular complexity index is 507. The average molecular weight is 283 g/mol. The van der Waals surface area contributed by atoms with Crippen LogP contribution < -0.4 is 10.5 Å². The van der Waals surface area contributed by atoms with Crippen molar-refractivity contribution in [1.82, 2.24) is 0 Å². The average Bonchev–Trinajstić information content (AvgIpc) is 2.54. The summed E-state index contributed by atoms with van der Waals surface area (Å²) in [6.07, 6.45) is 4.22. The van der Waals surface area contributed by atoms with Crippen LogP contribution in [0.15, 0.2) is 54.6 Å². The number of rotatable bonds is 8. The highest BCUT2D eigenvalue weighted by atomic mass is 16.5. The maximum atomic E-state index is 6.27. The van der Waals surface area contributed by atoms with Crippen molar-refractivity contribution in [3.05, 3.63) is 65.7 Å². The molecular weight excluding hydrogens is 258 g/mol. The van der Waals surface area contributed by atoms with Gasteiger partial charge < -0.3 is 10.5 Å². The highest BCUT2D eigenvalue weighted by Crippen LogP contribution is 2.20. The van der Waals surface area contributed by atoms with Gasteiger partial charge in [-0.05, 0) is 42.5 Å². The van der Waals surface area contributed by atoms with Crippen LogP contribution in [0.5, 0.6) is 5.75 Å². The molecule has 0 spiro atoms. The number of ether oxygens (including phenoxy) is 1. The lowest BCUT2D eigenvalue weighted by molar-refractivity contribution is 0.309. The monoisotopic (exact) mass is 283 g/mol. The van der Waals surface area contributed by atoms with E-state index in [0.29, 0.717) is 0 Å². The molecule has 2 aromatic carbocycles. The Balaban J connectivity index is 1.83. The normalized spacial score (nSPS) is 12.1. The molecule has 0 aliphatic rings. The van der Waals surface area contributed by atoms with Crippen LogP contribution >= 0.6 is 0 Å². The Kier molecular flexibility index (Phi) is 6.29. The first kappa shape index (κ1) is 15.6. The van der Waals surface area contributed by atoms with Gasteiger partial charge in [-0.25, -0.2) is 0 Å². The molecule has 112 valence electrons. The fourth-order valence-corrected chi connectivity index (χ4v) is 2.28. The molecule has 0 bridgehead atoms. The van der Waals surface area contributed by atoms with Crippen molar-refractivity contribution in [3.8, 4) is 5.75 Å². The summed E-state index contributed by atoms with van der Waals surface area (Å²) in [5, 5.41) is 0. The largest absolute Gasteiger partial charge is 0.494 e. The first-order valence-electron chi connectivity index (χ1n) is 7.82. The third kappa shape index (κ3) is 5.24. The smallest absolute Gasteiger partial charge is 0.119 e. The molecule has 2 nitrogen and oxygen atoms in total. The Labute approximate surface area is 127 Å². The summed E-state index contributed by atoms with van der Waals surface area (Å²) in [7, 11) is 0. The Morgan fingerprint density at radius 3 is 2.38 bits per heavy atom. The number of unbranched alkanes of at least 4 members (excludes halogenated alkanes) is 1. The zero-order chi connectivity index (χ0) is 14.9. The van der Waals surface area contributed by atoms with Gasteiger partial charge in [0.1, 0.15) is 5.75 Å². The van der Waals surface area contributed by atoms with Crippen LogP contribution in [-0.2, 0) is 6.42 Å². The van der Waals surface area contributed by atoms with E-state index in [1.165, 1.54) is 11.1 Å². The summed E-state index contributed by atoms with van der Waals surface area (Å²) in [6, 6.07) is 18.8. The molecule has 0 amide bonds. The van der Waals surface area contributed by atoms with E-state index in [-0.39, 0.29) is 6.04 Å². The van der Waals surface area contributed by atoms with E-state index in [4.69, 9.17) is 10.5 Å². The molecule has 0 radical (unpaired) electrons. The summed E-state index contributed by atoms with van der Waals surface area (Å²) < 4.78 is 5.67. The maximum absolute atomic E-state index is 6.27. The lowest BCUT2D eigenvalue weighted by Crippen LogP contribution is -2.11. The molecule has 2 aromatic rings. The fraction of sp³-hybridized carbons (Fsp3) is 0.368. The molecule has 21 heavy (non-hydrogen) atoms. The Morgan fingerprint density at radius 2 is 1.71 bits per heavy atom. The van der Waals surface area contributed by atoms with Gasteiger partial charge in [0.25, 0.3) is 0 Å². The van der Waals surface area contributed by atoms with Crippen LogP contribution in [0.2, 0.25) is 0 Å². The molecule has 1 atom stereocenters. The number of aryl methyl sites for hydroxylation is 1. The minimum atomic E-state index is 0.0786. The molecule has 2 N–H and O–H groups in total. The second-order valence-corrected chi connectivity index (χ2v) is 5.40. The molecule has 2 heteroatoms. The van der Waals surface area contributed by atoms with Crippen LogP contribution in [0.3, 0.4) is 0 Å². The molecule has 0 heterocycles. The molecule has 0 saturated heterocycles. The van der Waals surface area contributed by atoms with Crippen molar-refractivity contribution in [1.29, 1.82) is 0 Å². The Hall–Kier alpha value is -1.80. The van der Waals surface area contributed by atoms with E-state index >= 15 is 0 Å². The van der Waals surface area contributed by atoms with E-state index in [0.717, 1.165) is 38.0 Å². The molecule has 0 aliphatic carbocycles. The van der Waals surface area contributed by atoms with E-state index in [2.05, 4.69) is 43.3 Å². The molecule has 0 fully saturated rings. The highest BCUT2D eigenvalue weighted by Gasteiger charge is 2.06. The van der Waals surface area contributed by atoms with Crippen LogP contribution in [-0.4, -0.2) is 6.61 Å². The second kappa shape index (κ2) is 8.48. The summed E-state index contributed by atoms with van der Waals surface area (Å²) in [6.45, 7) is 2.95. The van der Waals surface area contributed by atoms with Crippen LogP contribution in [0.1, 0.15) is 43.4 Å². The number of nitrogens with two attached hydrogens (primary N) is 1. The van der Waals surface area contributed by atoms with Gasteiger partial charge in [0.15, 0.2) is 0 Å². The van der Waals surface area contributed by atoms with Gasteiger partial charge in [0.05, 0.1) is 6.61 Å². The topological polar surface area (TPSA) is 35.2 Å². The van der Waals surface area contributed by atoms with Crippen LogP contribution in [0.25, 0.3) is 0 Å². The van der Waals surface area contributed by atoms with Crippen molar-refractivity contribution in [2.75, 3.05) is 6.61 Å². The summed E-state index contributed by atoms with van der Waals surface area (Å²) in [4.78, 5) is 0. The zero-order valence-electron chi connectivity index (χ0n) is 12.8. The van der Waals surface area contributed by atoms with Gasteiger partial charge in [0, 0.05) is 6.04 Å². The van der Waals surface area contributed by atoms with E-state index in [1.54, 1.807) is 0 Å². The maximum Gasteiger partial charge on any atom is 0.119 e. The van der Waals surface area contributed by atoms with Crippen LogP contribution in [0.4, 0.5) is 0 Å². The van der Waals surface area contributed by atoms with Gasteiger partial charge in [-0.2, -0.15) is 0 Å². The molecule has 2 rings (SSSR count). The first-order valence-corrected chi connectivity index (χ1v) is 7.82. The van der Waals surface area contributed by atoms with Crippen LogP contribution in [0, 0.1) is 0 Å². The van der Waals surface area contributed by atoms with Gasteiger partial charge in [-0.3, -0.25) is 0 Å².